The van der Waals surface area contributed by atoms with Crippen LogP contribution in [0.3, 0.4) is 0 Å². The molecule has 0 radical (unpaired) electrons. The van der Waals surface area contributed by atoms with Gasteiger partial charge in [-0.15, -0.1) is 11.8 Å². The van der Waals surface area contributed by atoms with Crippen LogP contribution in [0.4, 0.5) is 0 Å². The molecule has 0 aromatic heterocycles. The van der Waals surface area contributed by atoms with Gasteiger partial charge in [0, 0.05) is 17.2 Å². The largest absolute Gasteiger partial charge is 0.316 e. The molecule has 0 fully saturated rings. The minimum absolute atomic E-state index is 0.623. The molecule has 108 valence electrons. The van der Waals surface area contributed by atoms with Gasteiger partial charge >= 0.3 is 0 Å². The van der Waals surface area contributed by atoms with E-state index in [0.29, 0.717) is 5.92 Å². The third-order valence-electron chi connectivity index (χ3n) is 3.05. The summed E-state index contributed by atoms with van der Waals surface area (Å²) in [5.41, 5.74) is 1.42. The van der Waals surface area contributed by atoms with E-state index in [4.69, 9.17) is 0 Å². The van der Waals surface area contributed by atoms with Crippen LogP contribution in [0.5, 0.6) is 0 Å². The van der Waals surface area contributed by atoms with Crippen molar-refractivity contribution >= 4 is 11.8 Å². The zero-order valence-corrected chi connectivity index (χ0v) is 13.6. The average Bonchev–Trinajstić information content (AvgIpc) is 2.38. The molecule has 0 aliphatic rings. The molecule has 1 aromatic rings. The molecule has 1 rings (SSSR count). The summed E-state index contributed by atoms with van der Waals surface area (Å²) in [6.07, 6.45) is 1.22. The van der Waals surface area contributed by atoms with Crippen molar-refractivity contribution in [3.05, 3.63) is 29.8 Å². The van der Waals surface area contributed by atoms with Gasteiger partial charge in [0.05, 0.1) is 0 Å². The average molecular weight is 280 g/mol. The number of thioether (sulfide) groups is 1. The van der Waals surface area contributed by atoms with Crippen LogP contribution in [0, 0.1) is 0 Å². The van der Waals surface area contributed by atoms with Crippen molar-refractivity contribution in [2.45, 2.75) is 31.1 Å². The Balaban J connectivity index is 2.09. The molecule has 19 heavy (non-hydrogen) atoms. The zero-order chi connectivity index (χ0) is 14.1. The number of nitrogens with one attached hydrogen (secondary N) is 1. The summed E-state index contributed by atoms with van der Waals surface area (Å²) >= 11 is 1.93. The topological polar surface area (TPSA) is 15.3 Å². The first-order valence-electron chi connectivity index (χ1n) is 7.18. The maximum atomic E-state index is 3.49. The van der Waals surface area contributed by atoms with Crippen LogP contribution in [0.25, 0.3) is 0 Å². The van der Waals surface area contributed by atoms with Crippen molar-refractivity contribution in [2.75, 3.05) is 39.5 Å². The molecule has 0 bridgehead atoms. The van der Waals surface area contributed by atoms with Crippen molar-refractivity contribution in [3.63, 3.8) is 0 Å². The Kier molecular flexibility index (Phi) is 8.19. The van der Waals surface area contributed by atoms with E-state index in [9.17, 15) is 0 Å². The molecule has 0 saturated carbocycles. The Bertz CT molecular complexity index is 333. The predicted molar refractivity (Wildman–Crippen MR) is 87.3 cm³/mol. The Labute approximate surface area is 123 Å². The molecule has 0 amide bonds. The minimum Gasteiger partial charge on any atom is -0.316 e. The number of benzene rings is 1. The van der Waals surface area contributed by atoms with Crippen LogP contribution in [-0.2, 0) is 0 Å². The highest BCUT2D eigenvalue weighted by Gasteiger charge is 1.99. The fourth-order valence-electron chi connectivity index (χ4n) is 1.84. The number of hydrogen-bond acceptors (Lipinski definition) is 3. The van der Waals surface area contributed by atoms with Crippen LogP contribution in [-0.4, -0.2) is 44.4 Å². The Morgan fingerprint density at radius 1 is 1.11 bits per heavy atom. The maximum Gasteiger partial charge on any atom is 0.0106 e. The summed E-state index contributed by atoms with van der Waals surface area (Å²) in [5.74, 6) is 1.76. The van der Waals surface area contributed by atoms with E-state index < -0.39 is 0 Å². The van der Waals surface area contributed by atoms with Gasteiger partial charge in [-0.05, 0) is 57.2 Å². The van der Waals surface area contributed by atoms with E-state index in [-0.39, 0.29) is 0 Å². The summed E-state index contributed by atoms with van der Waals surface area (Å²) < 4.78 is 0. The molecule has 2 nitrogen and oxygen atoms in total. The van der Waals surface area contributed by atoms with E-state index in [1.807, 2.05) is 11.8 Å². The fourth-order valence-corrected chi connectivity index (χ4v) is 2.65. The van der Waals surface area contributed by atoms with Crippen LogP contribution in [0.15, 0.2) is 29.2 Å². The summed E-state index contributed by atoms with van der Waals surface area (Å²) in [5, 5.41) is 3.49. The summed E-state index contributed by atoms with van der Waals surface area (Å²) in [4.78, 5) is 3.60. The molecular weight excluding hydrogens is 252 g/mol. The van der Waals surface area contributed by atoms with Gasteiger partial charge < -0.3 is 10.2 Å². The van der Waals surface area contributed by atoms with Gasteiger partial charge in [0.25, 0.3) is 0 Å². The molecule has 0 atom stereocenters. The van der Waals surface area contributed by atoms with Gasteiger partial charge in [-0.25, -0.2) is 0 Å². The number of hydrogen-bond donors (Lipinski definition) is 1. The van der Waals surface area contributed by atoms with E-state index in [1.54, 1.807) is 0 Å². The van der Waals surface area contributed by atoms with Crippen LogP contribution in [0.2, 0.25) is 0 Å². The first kappa shape index (κ1) is 16.5. The zero-order valence-electron chi connectivity index (χ0n) is 12.8. The third kappa shape index (κ3) is 7.61. The lowest BCUT2D eigenvalue weighted by molar-refractivity contribution is 0.396. The number of rotatable bonds is 9. The smallest absolute Gasteiger partial charge is 0.0106 e. The van der Waals surface area contributed by atoms with E-state index in [1.165, 1.54) is 16.9 Å². The van der Waals surface area contributed by atoms with E-state index >= 15 is 0 Å². The van der Waals surface area contributed by atoms with Gasteiger partial charge in [0.2, 0.25) is 0 Å². The summed E-state index contributed by atoms with van der Waals surface area (Å²) in [7, 11) is 4.24. The molecule has 0 heterocycles. The van der Waals surface area contributed by atoms with Crippen molar-refractivity contribution in [3.8, 4) is 0 Å². The van der Waals surface area contributed by atoms with Crippen LogP contribution in [0.1, 0.15) is 31.7 Å². The summed E-state index contributed by atoms with van der Waals surface area (Å²) in [6.45, 7) is 7.84. The molecule has 0 spiro atoms. The molecule has 3 heteroatoms. The second-order valence-electron chi connectivity index (χ2n) is 5.48. The second-order valence-corrected chi connectivity index (χ2v) is 6.65. The first-order valence-corrected chi connectivity index (χ1v) is 8.16. The highest BCUT2D eigenvalue weighted by Crippen LogP contribution is 2.21. The minimum atomic E-state index is 0.623. The molecular formula is C16H28N2S. The van der Waals surface area contributed by atoms with E-state index in [2.05, 4.69) is 62.4 Å². The van der Waals surface area contributed by atoms with Gasteiger partial charge in [-0.3, -0.25) is 0 Å². The van der Waals surface area contributed by atoms with Gasteiger partial charge in [0.15, 0.2) is 0 Å². The Morgan fingerprint density at radius 2 is 1.79 bits per heavy atom. The van der Waals surface area contributed by atoms with Crippen LogP contribution < -0.4 is 5.32 Å². The van der Waals surface area contributed by atoms with Gasteiger partial charge in [0.1, 0.15) is 0 Å². The summed E-state index contributed by atoms with van der Waals surface area (Å²) in [6, 6.07) is 8.98. The van der Waals surface area contributed by atoms with Gasteiger partial charge in [-0.2, -0.15) is 0 Å². The lowest BCUT2D eigenvalue weighted by Crippen LogP contribution is -2.23. The predicted octanol–water partition coefficient (Wildman–Crippen LogP) is 3.44. The molecule has 0 saturated heterocycles. The Hall–Kier alpha value is -0.510. The normalized spacial score (nSPS) is 11.5. The van der Waals surface area contributed by atoms with Crippen LogP contribution >= 0.6 is 11.8 Å². The Morgan fingerprint density at radius 3 is 2.37 bits per heavy atom. The van der Waals surface area contributed by atoms with Crippen molar-refractivity contribution < 1.29 is 0 Å². The molecule has 0 aliphatic carbocycles. The highest BCUT2D eigenvalue weighted by molar-refractivity contribution is 7.99. The fraction of sp³-hybridized carbons (Fsp3) is 0.625. The monoisotopic (exact) mass is 280 g/mol. The van der Waals surface area contributed by atoms with Crippen molar-refractivity contribution in [1.29, 1.82) is 0 Å². The van der Waals surface area contributed by atoms with Crippen molar-refractivity contribution in [1.82, 2.24) is 10.2 Å². The molecule has 1 N–H and O–H groups in total. The number of nitrogens with zero attached hydrogens (tertiary/aromatic N) is 1. The third-order valence-corrected chi connectivity index (χ3v) is 4.07. The lowest BCUT2D eigenvalue weighted by Gasteiger charge is -2.10. The highest BCUT2D eigenvalue weighted by atomic mass is 32.2. The van der Waals surface area contributed by atoms with Crippen molar-refractivity contribution in [2.24, 2.45) is 0 Å². The SMILES string of the molecule is CC(C)c1ccc(SCCNCCCN(C)C)cc1. The second kappa shape index (κ2) is 9.40. The standard InChI is InChI=1S/C16H28N2S/c1-14(2)15-6-8-16(9-7-15)19-13-11-17-10-5-12-18(3)4/h6-9,14,17H,5,10-13H2,1-4H3. The molecule has 0 aliphatic heterocycles. The quantitative estimate of drug-likeness (QED) is 0.551. The molecule has 1 aromatic carbocycles. The maximum absolute atomic E-state index is 3.49. The lowest BCUT2D eigenvalue weighted by atomic mass is 10.0. The first-order chi connectivity index (χ1) is 9.09. The molecule has 0 unspecified atom stereocenters. The van der Waals surface area contributed by atoms with Gasteiger partial charge in [-0.1, -0.05) is 26.0 Å². The van der Waals surface area contributed by atoms with E-state index in [0.717, 1.165) is 25.4 Å².